The molecule has 0 aliphatic carbocycles. The maximum Gasteiger partial charge on any atom is 0.162 e. The molecule has 0 fully saturated rings. The summed E-state index contributed by atoms with van der Waals surface area (Å²) in [6.45, 7) is 1.32. The predicted octanol–water partition coefficient (Wildman–Crippen LogP) is 4.53. The van der Waals surface area contributed by atoms with Crippen LogP contribution in [-0.4, -0.2) is 13.2 Å². The Hall–Kier alpha value is -1.13. The van der Waals surface area contributed by atoms with E-state index in [1.165, 1.54) is 0 Å². The lowest BCUT2D eigenvalue weighted by Crippen LogP contribution is -1.97. The largest absolute Gasteiger partial charge is 0.490 e. The summed E-state index contributed by atoms with van der Waals surface area (Å²) in [7, 11) is 0. The molecule has 1 aliphatic heterocycles. The Kier molecular flexibility index (Phi) is 3.71. The molecule has 0 saturated carbocycles. The van der Waals surface area contributed by atoms with E-state index in [4.69, 9.17) is 25.5 Å². The lowest BCUT2D eigenvalue weighted by molar-refractivity contribution is 0.297. The number of hydrogen-bond donors (Lipinski definition) is 0. The topological polar surface area (TPSA) is 31.6 Å². The van der Waals surface area contributed by atoms with Crippen LogP contribution in [0.25, 0.3) is 0 Å². The van der Waals surface area contributed by atoms with Crippen molar-refractivity contribution < 1.29 is 13.9 Å². The number of fused-ring (bicyclic) bond motifs is 1. The molecule has 0 N–H and O–H groups in total. The van der Waals surface area contributed by atoms with Gasteiger partial charge in [-0.15, -0.1) is 11.6 Å². The smallest absolute Gasteiger partial charge is 0.162 e. The first kappa shape index (κ1) is 12.9. The number of hydrogen-bond acceptors (Lipinski definition) is 3. The van der Waals surface area contributed by atoms with Crippen LogP contribution in [-0.2, 0) is 0 Å². The Balaban J connectivity index is 2.00. The Bertz CT molecular complexity index is 568. The van der Waals surface area contributed by atoms with Crippen LogP contribution in [0.15, 0.2) is 39.4 Å². The predicted molar refractivity (Wildman–Crippen MR) is 76.2 cm³/mol. The molecule has 2 heterocycles. The molecule has 1 aliphatic rings. The quantitative estimate of drug-likeness (QED) is 0.751. The number of furan rings is 1. The van der Waals surface area contributed by atoms with E-state index in [0.29, 0.717) is 19.0 Å². The first-order valence-corrected chi connectivity index (χ1v) is 7.25. The van der Waals surface area contributed by atoms with Gasteiger partial charge in [-0.05, 0) is 29.8 Å². The molecule has 3 nitrogen and oxygen atoms in total. The van der Waals surface area contributed by atoms with Crippen LogP contribution in [0.1, 0.15) is 23.1 Å². The van der Waals surface area contributed by atoms with Gasteiger partial charge in [-0.3, -0.25) is 0 Å². The minimum Gasteiger partial charge on any atom is -0.490 e. The van der Waals surface area contributed by atoms with Crippen LogP contribution >= 0.6 is 27.5 Å². The third-order valence-electron chi connectivity index (χ3n) is 2.93. The lowest BCUT2D eigenvalue weighted by atomic mass is 10.1. The number of halogens is 2. The van der Waals surface area contributed by atoms with Gasteiger partial charge in [-0.25, -0.2) is 0 Å². The van der Waals surface area contributed by atoms with Gasteiger partial charge in [-0.2, -0.15) is 0 Å². The summed E-state index contributed by atoms with van der Waals surface area (Å²) in [5.74, 6) is 2.18. The lowest BCUT2D eigenvalue weighted by Gasteiger charge is -2.14. The number of benzene rings is 1. The number of rotatable bonds is 2. The number of ether oxygens (including phenoxy) is 2. The highest BCUT2D eigenvalue weighted by atomic mass is 79.9. The molecular weight excluding hydrogens is 332 g/mol. The summed E-state index contributed by atoms with van der Waals surface area (Å²) in [5.41, 5.74) is 0.904. The average molecular weight is 344 g/mol. The van der Waals surface area contributed by atoms with Gasteiger partial charge in [0.05, 0.1) is 19.5 Å². The third-order valence-corrected chi connectivity index (χ3v) is 4.07. The van der Waals surface area contributed by atoms with Crippen LogP contribution in [0.5, 0.6) is 11.5 Å². The molecule has 100 valence electrons. The zero-order chi connectivity index (χ0) is 13.2. The van der Waals surface area contributed by atoms with E-state index in [1.54, 1.807) is 6.26 Å². The fraction of sp³-hybridized carbons (Fsp3) is 0.286. The van der Waals surface area contributed by atoms with E-state index in [-0.39, 0.29) is 5.38 Å². The Morgan fingerprint density at radius 3 is 2.58 bits per heavy atom. The van der Waals surface area contributed by atoms with E-state index in [1.807, 2.05) is 24.3 Å². The standard InChI is InChI=1S/C14H12BrClO3/c15-10-8-13-12(18-5-2-6-19-13)7-9(10)14(16)11-3-1-4-17-11/h1,3-4,7-8,14H,2,5-6H2. The first-order chi connectivity index (χ1) is 9.25. The van der Waals surface area contributed by atoms with Crippen molar-refractivity contribution in [2.75, 3.05) is 13.2 Å². The summed E-state index contributed by atoms with van der Waals surface area (Å²) < 4.78 is 17.5. The number of alkyl halides is 1. The molecule has 0 amide bonds. The highest BCUT2D eigenvalue weighted by Gasteiger charge is 2.21. The minimum atomic E-state index is -0.360. The van der Waals surface area contributed by atoms with E-state index in [2.05, 4.69) is 15.9 Å². The van der Waals surface area contributed by atoms with Crippen molar-refractivity contribution in [2.24, 2.45) is 0 Å². The maximum atomic E-state index is 6.44. The molecular formula is C14H12BrClO3. The van der Waals surface area contributed by atoms with Crippen molar-refractivity contribution in [2.45, 2.75) is 11.8 Å². The van der Waals surface area contributed by atoms with E-state index in [9.17, 15) is 0 Å². The van der Waals surface area contributed by atoms with Crippen molar-refractivity contribution in [1.29, 1.82) is 0 Å². The maximum absolute atomic E-state index is 6.44. The van der Waals surface area contributed by atoms with Crippen LogP contribution < -0.4 is 9.47 Å². The fourth-order valence-corrected chi connectivity index (χ4v) is 2.97. The Morgan fingerprint density at radius 2 is 1.89 bits per heavy atom. The minimum absolute atomic E-state index is 0.360. The van der Waals surface area contributed by atoms with Crippen LogP contribution in [0.3, 0.4) is 0 Å². The molecule has 2 aromatic rings. The van der Waals surface area contributed by atoms with Gasteiger partial charge in [0.2, 0.25) is 0 Å². The molecule has 3 rings (SSSR count). The van der Waals surface area contributed by atoms with Gasteiger partial charge < -0.3 is 13.9 Å². The summed E-state index contributed by atoms with van der Waals surface area (Å²) in [6.07, 6.45) is 2.49. The molecule has 19 heavy (non-hydrogen) atoms. The van der Waals surface area contributed by atoms with Gasteiger partial charge in [0.1, 0.15) is 11.1 Å². The van der Waals surface area contributed by atoms with Crippen molar-refractivity contribution in [1.82, 2.24) is 0 Å². The molecule has 1 atom stereocenters. The van der Waals surface area contributed by atoms with Crippen molar-refractivity contribution >= 4 is 27.5 Å². The van der Waals surface area contributed by atoms with Crippen molar-refractivity contribution in [3.05, 3.63) is 46.3 Å². The SMILES string of the molecule is ClC(c1ccco1)c1cc2c(cc1Br)OCCCO2. The Morgan fingerprint density at radius 1 is 1.16 bits per heavy atom. The Labute approximate surface area is 124 Å². The van der Waals surface area contributed by atoms with Gasteiger partial charge in [0.25, 0.3) is 0 Å². The second-order valence-electron chi connectivity index (χ2n) is 4.25. The fourth-order valence-electron chi connectivity index (χ4n) is 1.98. The van der Waals surface area contributed by atoms with Crippen LogP contribution in [0.4, 0.5) is 0 Å². The van der Waals surface area contributed by atoms with Crippen molar-refractivity contribution in [3.8, 4) is 11.5 Å². The molecule has 5 heteroatoms. The third kappa shape index (κ3) is 2.60. The molecule has 0 bridgehead atoms. The van der Waals surface area contributed by atoms with E-state index in [0.717, 1.165) is 28.0 Å². The highest BCUT2D eigenvalue weighted by Crippen LogP contribution is 2.41. The molecule has 1 aromatic carbocycles. The zero-order valence-electron chi connectivity index (χ0n) is 10.1. The van der Waals surface area contributed by atoms with Crippen LogP contribution in [0.2, 0.25) is 0 Å². The molecule has 1 aromatic heterocycles. The van der Waals surface area contributed by atoms with E-state index >= 15 is 0 Å². The summed E-state index contributed by atoms with van der Waals surface area (Å²) in [6, 6.07) is 7.48. The van der Waals surface area contributed by atoms with Gasteiger partial charge in [0, 0.05) is 10.9 Å². The summed E-state index contributed by atoms with van der Waals surface area (Å²) in [5, 5.41) is -0.360. The normalized spacial score (nSPS) is 15.9. The summed E-state index contributed by atoms with van der Waals surface area (Å²) >= 11 is 9.97. The summed E-state index contributed by atoms with van der Waals surface area (Å²) in [4.78, 5) is 0. The molecule has 0 spiro atoms. The molecule has 0 saturated heterocycles. The second kappa shape index (κ2) is 5.47. The zero-order valence-corrected chi connectivity index (χ0v) is 12.4. The highest BCUT2D eigenvalue weighted by molar-refractivity contribution is 9.10. The van der Waals surface area contributed by atoms with Crippen LogP contribution in [0, 0.1) is 0 Å². The first-order valence-electron chi connectivity index (χ1n) is 6.02. The van der Waals surface area contributed by atoms with Gasteiger partial charge in [-0.1, -0.05) is 15.9 Å². The van der Waals surface area contributed by atoms with Crippen molar-refractivity contribution in [3.63, 3.8) is 0 Å². The van der Waals surface area contributed by atoms with E-state index < -0.39 is 0 Å². The second-order valence-corrected chi connectivity index (χ2v) is 5.54. The van der Waals surface area contributed by atoms with Gasteiger partial charge in [0.15, 0.2) is 11.5 Å². The monoisotopic (exact) mass is 342 g/mol. The van der Waals surface area contributed by atoms with Gasteiger partial charge >= 0.3 is 0 Å². The molecule has 1 unspecified atom stereocenters. The molecule has 0 radical (unpaired) electrons. The average Bonchev–Trinajstić information content (AvgIpc) is 2.84.